The Morgan fingerprint density at radius 2 is 1.80 bits per heavy atom. The zero-order valence-corrected chi connectivity index (χ0v) is 13.4. The highest BCUT2D eigenvalue weighted by Gasteiger charge is 2.42. The number of nitrogens with two attached hydrogens (primary N) is 1. The standard InChI is InChI=1S/C16H32N4/c1-18-9-3-7-16(13-17,8-11-18)20-10-6-14-4-5-15(12-20)19(14)2/h14-15H,3-13,17H2,1-2H3. The van der Waals surface area contributed by atoms with Crippen LogP contribution in [0.4, 0.5) is 0 Å². The first-order valence-corrected chi connectivity index (χ1v) is 8.50. The van der Waals surface area contributed by atoms with Crippen molar-refractivity contribution in [1.82, 2.24) is 14.7 Å². The third kappa shape index (κ3) is 2.63. The Hall–Kier alpha value is -0.160. The molecule has 0 amide bonds. The summed E-state index contributed by atoms with van der Waals surface area (Å²) in [5.41, 5.74) is 6.57. The molecule has 3 fully saturated rings. The van der Waals surface area contributed by atoms with Crippen molar-refractivity contribution in [1.29, 1.82) is 0 Å². The molecule has 0 aromatic rings. The number of hydrogen-bond donors (Lipinski definition) is 1. The van der Waals surface area contributed by atoms with E-state index in [1.807, 2.05) is 0 Å². The molecule has 0 aromatic carbocycles. The van der Waals surface area contributed by atoms with Gasteiger partial charge in [0.1, 0.15) is 0 Å². The van der Waals surface area contributed by atoms with E-state index in [1.54, 1.807) is 0 Å². The van der Waals surface area contributed by atoms with Gasteiger partial charge in [0.15, 0.2) is 0 Å². The molecule has 3 atom stereocenters. The lowest BCUT2D eigenvalue weighted by atomic mass is 9.87. The van der Waals surface area contributed by atoms with Crippen molar-refractivity contribution in [3.63, 3.8) is 0 Å². The number of fused-ring (bicyclic) bond motifs is 2. The molecule has 3 rings (SSSR count). The van der Waals surface area contributed by atoms with Crippen molar-refractivity contribution in [3.8, 4) is 0 Å². The lowest BCUT2D eigenvalue weighted by Gasteiger charge is -2.44. The van der Waals surface area contributed by atoms with E-state index >= 15 is 0 Å². The third-order valence-corrected chi connectivity index (χ3v) is 6.34. The van der Waals surface area contributed by atoms with Crippen LogP contribution in [0.2, 0.25) is 0 Å². The first-order valence-electron chi connectivity index (χ1n) is 8.50. The predicted octanol–water partition coefficient (Wildman–Crippen LogP) is 0.968. The van der Waals surface area contributed by atoms with E-state index in [2.05, 4.69) is 28.8 Å². The maximum Gasteiger partial charge on any atom is 0.0345 e. The van der Waals surface area contributed by atoms with Crippen LogP contribution in [0.25, 0.3) is 0 Å². The van der Waals surface area contributed by atoms with Gasteiger partial charge in [0.25, 0.3) is 0 Å². The summed E-state index contributed by atoms with van der Waals surface area (Å²) >= 11 is 0. The quantitative estimate of drug-likeness (QED) is 0.817. The number of hydrogen-bond acceptors (Lipinski definition) is 4. The largest absolute Gasteiger partial charge is 0.329 e. The molecule has 2 bridgehead atoms. The Morgan fingerprint density at radius 1 is 1.00 bits per heavy atom. The zero-order valence-electron chi connectivity index (χ0n) is 13.4. The van der Waals surface area contributed by atoms with E-state index < -0.39 is 0 Å². The van der Waals surface area contributed by atoms with E-state index in [-0.39, 0.29) is 5.54 Å². The Balaban J connectivity index is 1.75. The minimum absolute atomic E-state index is 0.274. The summed E-state index contributed by atoms with van der Waals surface area (Å²) in [6.07, 6.45) is 7.97. The summed E-state index contributed by atoms with van der Waals surface area (Å²) in [6, 6.07) is 1.60. The van der Waals surface area contributed by atoms with E-state index in [0.29, 0.717) is 0 Å². The monoisotopic (exact) mass is 280 g/mol. The van der Waals surface area contributed by atoms with Gasteiger partial charge in [-0.2, -0.15) is 0 Å². The number of likely N-dealkylation sites (N-methyl/N-ethyl adjacent to an activating group) is 1. The van der Waals surface area contributed by atoms with Gasteiger partial charge in [0, 0.05) is 37.3 Å². The van der Waals surface area contributed by atoms with Gasteiger partial charge < -0.3 is 10.6 Å². The highest BCUT2D eigenvalue weighted by molar-refractivity contribution is 5.00. The Morgan fingerprint density at radius 3 is 2.60 bits per heavy atom. The molecule has 2 N–H and O–H groups in total. The first kappa shape index (κ1) is 14.8. The third-order valence-electron chi connectivity index (χ3n) is 6.34. The molecule has 20 heavy (non-hydrogen) atoms. The molecule has 4 heteroatoms. The molecular weight excluding hydrogens is 248 g/mol. The minimum atomic E-state index is 0.274. The number of nitrogens with zero attached hydrogens (tertiary/aromatic N) is 3. The van der Waals surface area contributed by atoms with Gasteiger partial charge in [-0.05, 0) is 65.7 Å². The topological polar surface area (TPSA) is 35.7 Å². The smallest absolute Gasteiger partial charge is 0.0345 e. The molecule has 0 spiro atoms. The molecule has 116 valence electrons. The van der Waals surface area contributed by atoms with Gasteiger partial charge in [-0.25, -0.2) is 0 Å². The fourth-order valence-electron chi connectivity index (χ4n) is 4.70. The van der Waals surface area contributed by atoms with Crippen LogP contribution in [0, 0.1) is 0 Å². The highest BCUT2D eigenvalue weighted by Crippen LogP contribution is 2.35. The molecule has 4 nitrogen and oxygen atoms in total. The van der Waals surface area contributed by atoms with Crippen LogP contribution < -0.4 is 5.73 Å². The van der Waals surface area contributed by atoms with Crippen LogP contribution in [0.5, 0.6) is 0 Å². The highest BCUT2D eigenvalue weighted by atomic mass is 15.3. The molecule has 3 heterocycles. The fourth-order valence-corrected chi connectivity index (χ4v) is 4.70. The van der Waals surface area contributed by atoms with Gasteiger partial charge in [-0.15, -0.1) is 0 Å². The molecule has 3 aliphatic rings. The number of likely N-dealkylation sites (tertiary alicyclic amines) is 2. The molecular formula is C16H32N4. The lowest BCUT2D eigenvalue weighted by molar-refractivity contribution is 0.0687. The van der Waals surface area contributed by atoms with E-state index in [0.717, 1.165) is 18.6 Å². The second-order valence-electron chi connectivity index (χ2n) is 7.37. The second-order valence-corrected chi connectivity index (χ2v) is 7.37. The maximum atomic E-state index is 6.29. The van der Waals surface area contributed by atoms with Crippen molar-refractivity contribution in [2.75, 3.05) is 46.8 Å². The van der Waals surface area contributed by atoms with Gasteiger partial charge in [0.2, 0.25) is 0 Å². The van der Waals surface area contributed by atoms with Crippen LogP contribution in [0.15, 0.2) is 0 Å². The average molecular weight is 280 g/mol. The second kappa shape index (κ2) is 5.91. The van der Waals surface area contributed by atoms with Crippen molar-refractivity contribution in [3.05, 3.63) is 0 Å². The molecule has 3 saturated heterocycles. The summed E-state index contributed by atoms with van der Waals surface area (Å²) in [6.45, 7) is 5.78. The van der Waals surface area contributed by atoms with Crippen LogP contribution in [-0.4, -0.2) is 79.1 Å². The lowest BCUT2D eigenvalue weighted by Crippen LogP contribution is -2.56. The summed E-state index contributed by atoms with van der Waals surface area (Å²) in [4.78, 5) is 7.91. The van der Waals surface area contributed by atoms with Crippen LogP contribution in [-0.2, 0) is 0 Å². The van der Waals surface area contributed by atoms with Gasteiger partial charge in [0.05, 0.1) is 0 Å². The van der Waals surface area contributed by atoms with E-state index in [1.165, 1.54) is 64.7 Å². The van der Waals surface area contributed by atoms with Crippen LogP contribution in [0.1, 0.15) is 38.5 Å². The molecule has 3 aliphatic heterocycles. The first-order chi connectivity index (χ1) is 9.64. The normalized spacial score (nSPS) is 41.5. The zero-order chi connectivity index (χ0) is 14.2. The molecule has 0 aromatic heterocycles. The summed E-state index contributed by atoms with van der Waals surface area (Å²) < 4.78 is 0. The Bertz CT molecular complexity index is 334. The Labute approximate surface area is 124 Å². The summed E-state index contributed by atoms with van der Waals surface area (Å²) in [5, 5.41) is 0. The van der Waals surface area contributed by atoms with Gasteiger partial charge in [-0.3, -0.25) is 9.80 Å². The maximum absolute atomic E-state index is 6.29. The Kier molecular flexibility index (Phi) is 4.37. The minimum Gasteiger partial charge on any atom is -0.329 e. The summed E-state index contributed by atoms with van der Waals surface area (Å²) in [5.74, 6) is 0. The number of rotatable bonds is 2. The van der Waals surface area contributed by atoms with Gasteiger partial charge >= 0.3 is 0 Å². The summed E-state index contributed by atoms with van der Waals surface area (Å²) in [7, 11) is 4.59. The molecule has 0 saturated carbocycles. The van der Waals surface area contributed by atoms with Crippen molar-refractivity contribution in [2.45, 2.75) is 56.1 Å². The van der Waals surface area contributed by atoms with E-state index in [4.69, 9.17) is 5.73 Å². The van der Waals surface area contributed by atoms with Gasteiger partial charge in [-0.1, -0.05) is 0 Å². The van der Waals surface area contributed by atoms with Crippen molar-refractivity contribution >= 4 is 0 Å². The average Bonchev–Trinajstić information content (AvgIpc) is 2.59. The predicted molar refractivity (Wildman–Crippen MR) is 83.9 cm³/mol. The molecule has 0 aliphatic carbocycles. The van der Waals surface area contributed by atoms with E-state index in [9.17, 15) is 0 Å². The SMILES string of the molecule is CN1CCCC(CN)(N2CCC3CCC(C2)N3C)CC1. The van der Waals surface area contributed by atoms with Crippen LogP contribution in [0.3, 0.4) is 0 Å². The van der Waals surface area contributed by atoms with Crippen LogP contribution >= 0.6 is 0 Å². The fraction of sp³-hybridized carbons (Fsp3) is 1.00. The van der Waals surface area contributed by atoms with Crippen molar-refractivity contribution < 1.29 is 0 Å². The molecule has 0 radical (unpaired) electrons. The van der Waals surface area contributed by atoms with Crippen molar-refractivity contribution in [2.24, 2.45) is 5.73 Å². The molecule has 3 unspecified atom stereocenters.